The summed E-state index contributed by atoms with van der Waals surface area (Å²) in [6, 6.07) is 7.16. The van der Waals surface area contributed by atoms with Crippen LogP contribution in [0.4, 0.5) is 0 Å². The van der Waals surface area contributed by atoms with Crippen LogP contribution in [0.3, 0.4) is 0 Å². The maximum atomic E-state index is 13.3. The maximum Gasteiger partial charge on any atom is 0.214 e. The summed E-state index contributed by atoms with van der Waals surface area (Å²) in [6.45, 7) is 9.68. The van der Waals surface area contributed by atoms with Crippen LogP contribution in [-0.4, -0.2) is 45.8 Å². The van der Waals surface area contributed by atoms with Crippen molar-refractivity contribution in [3.05, 3.63) is 52.6 Å². The monoisotopic (exact) mass is 595 g/mol. The highest BCUT2D eigenvalue weighted by atomic mass is 31.2. The first-order valence-corrected chi connectivity index (χ1v) is 20.1. The molecule has 0 bridgehead atoms. The van der Waals surface area contributed by atoms with Crippen LogP contribution in [0.15, 0.2) is 24.3 Å². The molecule has 0 radical (unpaired) electrons. The summed E-state index contributed by atoms with van der Waals surface area (Å²) in [5, 5.41) is 0. The van der Waals surface area contributed by atoms with Crippen LogP contribution in [0, 0.1) is 6.92 Å². The number of rotatable bonds is 23. The van der Waals surface area contributed by atoms with Crippen molar-refractivity contribution in [2.24, 2.45) is 0 Å². The number of aryl methyl sites for hydroxylation is 1. The van der Waals surface area contributed by atoms with Crippen molar-refractivity contribution in [2.45, 2.75) is 143 Å². The second kappa shape index (κ2) is 18.8. The number of hydrogen-bond donors (Lipinski definition) is 0. The van der Waals surface area contributed by atoms with Crippen molar-refractivity contribution in [1.82, 2.24) is 9.55 Å². The van der Waals surface area contributed by atoms with E-state index in [1.165, 1.54) is 109 Å². The Morgan fingerprint density at radius 2 is 1.02 bits per heavy atom. The van der Waals surface area contributed by atoms with Gasteiger partial charge < -0.3 is 4.57 Å². The van der Waals surface area contributed by atoms with Gasteiger partial charge in [-0.2, -0.15) is 0 Å². The molecule has 0 spiro atoms. The van der Waals surface area contributed by atoms with Gasteiger partial charge in [-0.15, -0.1) is 0 Å². The summed E-state index contributed by atoms with van der Waals surface area (Å²) in [5.74, 6) is 0.601. The minimum atomic E-state index is -0.853. The van der Waals surface area contributed by atoms with E-state index in [2.05, 4.69) is 25.8 Å². The number of carbonyl (C=O) groups is 2. The van der Waals surface area contributed by atoms with E-state index in [-0.39, 0.29) is 11.6 Å². The highest BCUT2D eigenvalue weighted by Gasteiger charge is 2.36. The molecular formula is C37H60N2O2P+. The van der Waals surface area contributed by atoms with Crippen LogP contribution in [0.1, 0.15) is 168 Å². The Balaban J connectivity index is 1.51. The Hall–Kier alpha value is -1.80. The van der Waals surface area contributed by atoms with E-state index < -0.39 is 7.26 Å². The smallest absolute Gasteiger partial charge is 0.214 e. The van der Waals surface area contributed by atoms with Crippen LogP contribution >= 0.6 is 7.26 Å². The fourth-order valence-electron chi connectivity index (χ4n) is 6.90. The molecule has 0 N–H and O–H groups in total. The van der Waals surface area contributed by atoms with Gasteiger partial charge in [-0.1, -0.05) is 96.4 Å². The summed E-state index contributed by atoms with van der Waals surface area (Å²) >= 11 is 0. The van der Waals surface area contributed by atoms with Crippen LogP contribution in [0.25, 0.3) is 0 Å². The second-order valence-electron chi connectivity index (χ2n) is 12.9. The summed E-state index contributed by atoms with van der Waals surface area (Å²) in [6.07, 6.45) is 29.2. The molecule has 1 aliphatic rings. The lowest BCUT2D eigenvalue weighted by Gasteiger charge is -2.28. The number of ketones is 2. The van der Waals surface area contributed by atoms with Gasteiger partial charge in [0.1, 0.15) is 17.2 Å². The summed E-state index contributed by atoms with van der Waals surface area (Å²) in [4.78, 5) is 30.8. The first-order valence-electron chi connectivity index (χ1n) is 17.6. The number of benzene rings is 1. The molecule has 4 nitrogen and oxygen atoms in total. The normalized spacial score (nSPS) is 13.0. The SMILES string of the molecule is CCCCCC[P+](CCCCCC)(CCCCCC)CCCCCCCn1c(C)nc2c1C(=O)c1ccccc1C2=O. The van der Waals surface area contributed by atoms with Crippen molar-refractivity contribution in [3.8, 4) is 0 Å². The summed E-state index contributed by atoms with van der Waals surface area (Å²) in [5.41, 5.74) is 1.84. The van der Waals surface area contributed by atoms with E-state index in [1.54, 1.807) is 30.6 Å². The van der Waals surface area contributed by atoms with Crippen LogP contribution in [-0.2, 0) is 6.54 Å². The van der Waals surface area contributed by atoms with Crippen molar-refractivity contribution in [3.63, 3.8) is 0 Å². The Labute approximate surface area is 258 Å². The van der Waals surface area contributed by atoms with Gasteiger partial charge >= 0.3 is 0 Å². The number of carbonyl (C=O) groups excluding carboxylic acids is 2. The maximum absolute atomic E-state index is 13.3. The van der Waals surface area contributed by atoms with Crippen LogP contribution < -0.4 is 0 Å². The zero-order valence-corrected chi connectivity index (χ0v) is 28.4. The average Bonchev–Trinajstić information content (AvgIpc) is 3.34. The molecule has 3 rings (SSSR count). The fraction of sp³-hybridized carbons (Fsp3) is 0.703. The largest absolute Gasteiger partial charge is 0.325 e. The zero-order chi connectivity index (χ0) is 30.2. The molecule has 0 atom stereocenters. The van der Waals surface area contributed by atoms with E-state index in [4.69, 9.17) is 0 Å². The van der Waals surface area contributed by atoms with E-state index in [0.717, 1.165) is 18.8 Å². The van der Waals surface area contributed by atoms with E-state index in [9.17, 15) is 9.59 Å². The van der Waals surface area contributed by atoms with Gasteiger partial charge in [-0.25, -0.2) is 4.98 Å². The van der Waals surface area contributed by atoms with Gasteiger partial charge in [-0.3, -0.25) is 9.59 Å². The van der Waals surface area contributed by atoms with Crippen molar-refractivity contribution >= 4 is 18.8 Å². The molecule has 1 aromatic carbocycles. The lowest BCUT2D eigenvalue weighted by atomic mass is 9.90. The summed E-state index contributed by atoms with van der Waals surface area (Å²) in [7, 11) is -0.853. The third-order valence-corrected chi connectivity index (χ3v) is 14.5. The first-order chi connectivity index (χ1) is 20.5. The van der Waals surface area contributed by atoms with Crippen LogP contribution in [0.5, 0.6) is 0 Å². The number of aromatic nitrogens is 2. The van der Waals surface area contributed by atoms with E-state index >= 15 is 0 Å². The molecule has 5 heteroatoms. The molecule has 234 valence electrons. The highest BCUT2D eigenvalue weighted by molar-refractivity contribution is 7.75. The second-order valence-corrected chi connectivity index (χ2v) is 17.4. The predicted octanol–water partition coefficient (Wildman–Crippen LogP) is 10.7. The lowest BCUT2D eigenvalue weighted by Crippen LogP contribution is -2.23. The third-order valence-electron chi connectivity index (χ3n) is 9.48. The fourth-order valence-corrected chi connectivity index (χ4v) is 11.8. The molecule has 1 aliphatic carbocycles. The molecule has 1 aromatic heterocycles. The number of fused-ring (bicyclic) bond motifs is 2. The van der Waals surface area contributed by atoms with Crippen molar-refractivity contribution in [2.75, 3.05) is 24.6 Å². The standard InChI is InChI=1S/C37H60N2O2P/c1-5-8-11-20-27-42(28-21-12-9-6-2,29-22-13-10-7-3)30-23-16-14-15-19-26-39-31(4)38-34-35(39)37(41)33-25-18-17-24-32(33)36(34)40/h17-18,24-25H,5-16,19-23,26-30H2,1-4H3/q+1. The molecule has 42 heavy (non-hydrogen) atoms. The molecule has 1 heterocycles. The topological polar surface area (TPSA) is 52.0 Å². The minimum Gasteiger partial charge on any atom is -0.325 e. The Bertz CT molecular complexity index is 1070. The summed E-state index contributed by atoms with van der Waals surface area (Å²) < 4.78 is 2.00. The van der Waals surface area contributed by atoms with Gasteiger partial charge in [0.2, 0.25) is 11.6 Å². The van der Waals surface area contributed by atoms with Crippen molar-refractivity contribution in [1.29, 1.82) is 0 Å². The first kappa shape index (κ1) is 34.7. The molecule has 0 amide bonds. The van der Waals surface area contributed by atoms with Gasteiger partial charge in [0.15, 0.2) is 0 Å². The van der Waals surface area contributed by atoms with Crippen molar-refractivity contribution < 1.29 is 9.59 Å². The zero-order valence-electron chi connectivity index (χ0n) is 27.5. The molecule has 2 aromatic rings. The Morgan fingerprint density at radius 1 is 0.595 bits per heavy atom. The number of imidazole rings is 1. The van der Waals surface area contributed by atoms with Crippen LogP contribution in [0.2, 0.25) is 0 Å². The minimum absolute atomic E-state index is 0.0575. The molecule has 0 aliphatic heterocycles. The van der Waals surface area contributed by atoms with E-state index in [1.807, 2.05) is 23.6 Å². The third kappa shape index (κ3) is 9.87. The van der Waals surface area contributed by atoms with Gasteiger partial charge in [0.05, 0.1) is 24.6 Å². The van der Waals surface area contributed by atoms with Gasteiger partial charge in [-0.05, 0) is 64.7 Å². The lowest BCUT2D eigenvalue weighted by molar-refractivity contribution is 0.0970. The molecular weight excluding hydrogens is 535 g/mol. The number of unbranched alkanes of at least 4 members (excludes halogenated alkanes) is 13. The van der Waals surface area contributed by atoms with Gasteiger partial charge in [0, 0.05) is 24.9 Å². The van der Waals surface area contributed by atoms with Gasteiger partial charge in [0.25, 0.3) is 0 Å². The highest BCUT2D eigenvalue weighted by Crippen LogP contribution is 2.61. The number of nitrogens with zero attached hydrogens (tertiary/aromatic N) is 2. The Kier molecular flexibility index (Phi) is 15.5. The molecule has 0 saturated heterocycles. The Morgan fingerprint density at radius 3 is 1.52 bits per heavy atom. The quantitative estimate of drug-likeness (QED) is 0.0809. The molecule has 0 saturated carbocycles. The van der Waals surface area contributed by atoms with E-state index in [0.29, 0.717) is 22.5 Å². The number of hydrogen-bond acceptors (Lipinski definition) is 3. The average molecular weight is 596 g/mol. The molecule has 0 fully saturated rings. The predicted molar refractivity (Wildman–Crippen MR) is 182 cm³/mol. The molecule has 0 unspecified atom stereocenters.